The first-order chi connectivity index (χ1) is 26.8. The maximum Gasteiger partial charge on any atom is 0.165 e. The maximum atomic E-state index is 5.72. The lowest BCUT2D eigenvalue weighted by Crippen LogP contribution is -2.04. The van der Waals surface area contributed by atoms with Crippen LogP contribution in [0, 0.1) is 0 Å². The molecule has 0 fully saturated rings. The van der Waals surface area contributed by atoms with Crippen molar-refractivity contribution < 1.29 is 0 Å². The number of hydrogen-bond donors (Lipinski definition) is 0. The van der Waals surface area contributed by atoms with Crippen molar-refractivity contribution >= 4 is 96.7 Å². The van der Waals surface area contributed by atoms with Crippen LogP contribution in [0.1, 0.15) is 0 Å². The summed E-state index contributed by atoms with van der Waals surface area (Å²) in [5, 5.41) is 12.3. The Labute approximate surface area is 314 Å². The molecule has 0 atom stereocenters. The minimum absolute atomic E-state index is 0.828. The molecule has 54 heavy (non-hydrogen) atoms. The van der Waals surface area contributed by atoms with Crippen LogP contribution < -0.4 is 0 Å². The number of thiophene rings is 1. The zero-order valence-corrected chi connectivity index (χ0v) is 29.8. The van der Waals surface area contributed by atoms with Gasteiger partial charge in [-0.25, -0.2) is 9.97 Å². The average Bonchev–Trinajstić information content (AvgIpc) is 3.81. The highest BCUT2D eigenvalue weighted by Gasteiger charge is 2.25. The van der Waals surface area contributed by atoms with Crippen LogP contribution in [-0.2, 0) is 0 Å². The number of rotatable bonds is 3. The molecule has 12 rings (SSSR count). The van der Waals surface area contributed by atoms with Gasteiger partial charge in [0, 0.05) is 37.2 Å². The molecule has 0 spiro atoms. The van der Waals surface area contributed by atoms with Gasteiger partial charge in [-0.2, -0.15) is 0 Å². The molecule has 3 aromatic heterocycles. The van der Waals surface area contributed by atoms with E-state index in [4.69, 9.17) is 9.97 Å². The summed E-state index contributed by atoms with van der Waals surface area (Å²) in [6.07, 6.45) is 0. The molecule has 4 heteroatoms. The van der Waals surface area contributed by atoms with Crippen LogP contribution in [0.2, 0.25) is 0 Å². The van der Waals surface area contributed by atoms with Gasteiger partial charge >= 0.3 is 0 Å². The van der Waals surface area contributed by atoms with E-state index in [1.165, 1.54) is 63.6 Å². The maximum absolute atomic E-state index is 5.72. The smallest absolute Gasteiger partial charge is 0.165 e. The van der Waals surface area contributed by atoms with Gasteiger partial charge in [0.1, 0.15) is 5.69 Å². The van der Waals surface area contributed by atoms with Crippen molar-refractivity contribution in [2.45, 2.75) is 0 Å². The summed E-state index contributed by atoms with van der Waals surface area (Å²) in [4.78, 5) is 11.3. The number of para-hydroxylation sites is 1. The molecule has 250 valence electrons. The third-order valence-corrected chi connectivity index (χ3v) is 12.4. The zero-order chi connectivity index (χ0) is 35.3. The SMILES string of the molecule is c1ccc(-c2cccc(-c3nc4ccc5ccccc5c4nc3-n3c4ccccc4c4c5ccccc5c5c6ccc7ccccc7c6sc5c43)c2)cc1. The van der Waals surface area contributed by atoms with Gasteiger partial charge in [0.2, 0.25) is 0 Å². The summed E-state index contributed by atoms with van der Waals surface area (Å²) >= 11 is 1.90. The number of aromatic nitrogens is 3. The monoisotopic (exact) mass is 703 g/mol. The van der Waals surface area contributed by atoms with Crippen molar-refractivity contribution in [3.63, 3.8) is 0 Å². The molecule has 0 aliphatic rings. The normalized spacial score (nSPS) is 12.1. The quantitative estimate of drug-likeness (QED) is 0.172. The van der Waals surface area contributed by atoms with Gasteiger partial charge in [0.15, 0.2) is 5.82 Å². The Balaban J connectivity index is 1.30. The van der Waals surface area contributed by atoms with Gasteiger partial charge < -0.3 is 0 Å². The molecule has 0 unspecified atom stereocenters. The Morgan fingerprint density at radius 2 is 1.04 bits per heavy atom. The molecule has 0 bridgehead atoms. The highest BCUT2D eigenvalue weighted by molar-refractivity contribution is 7.27. The lowest BCUT2D eigenvalue weighted by Gasteiger charge is -2.16. The molecule has 0 radical (unpaired) electrons. The second-order valence-corrected chi connectivity index (χ2v) is 15.1. The van der Waals surface area contributed by atoms with Crippen molar-refractivity contribution in [3.8, 4) is 28.2 Å². The molecule has 0 amide bonds. The Morgan fingerprint density at radius 3 is 1.87 bits per heavy atom. The first-order valence-electron chi connectivity index (χ1n) is 18.3. The van der Waals surface area contributed by atoms with E-state index in [0.29, 0.717) is 0 Å². The first-order valence-corrected chi connectivity index (χ1v) is 19.2. The van der Waals surface area contributed by atoms with Crippen molar-refractivity contribution in [2.24, 2.45) is 0 Å². The molecule has 0 aliphatic carbocycles. The molecule has 0 saturated heterocycles. The van der Waals surface area contributed by atoms with Gasteiger partial charge in [-0.1, -0.05) is 158 Å². The van der Waals surface area contributed by atoms with Crippen LogP contribution in [0.3, 0.4) is 0 Å². The first kappa shape index (κ1) is 29.7. The molecular weight excluding hydrogens is 675 g/mol. The standard InChI is InChI=1S/C50H29N3S/c1-2-13-30(14-3-1)33-17-12-18-34(29-33)45-50(52-46-35-19-6-4-15-31(35)26-28-41(46)51-45)53-42-24-11-10-23-39(42)43-37-21-8-9-22-38(37)44-40-27-25-32-16-5-7-20-36(32)48(40)54-49(44)47(43)53/h1-29H. The summed E-state index contributed by atoms with van der Waals surface area (Å²) < 4.78 is 4.99. The second kappa shape index (κ2) is 11.3. The van der Waals surface area contributed by atoms with E-state index in [0.717, 1.165) is 50.0 Å². The van der Waals surface area contributed by atoms with Crippen LogP contribution in [0.5, 0.6) is 0 Å². The Kier molecular flexibility index (Phi) is 6.21. The predicted molar refractivity (Wildman–Crippen MR) is 230 cm³/mol. The molecule has 0 N–H and O–H groups in total. The van der Waals surface area contributed by atoms with E-state index in [9.17, 15) is 0 Å². The van der Waals surface area contributed by atoms with Crippen LogP contribution in [0.15, 0.2) is 176 Å². The molecule has 3 heterocycles. The van der Waals surface area contributed by atoms with Crippen molar-refractivity contribution in [3.05, 3.63) is 176 Å². The van der Waals surface area contributed by atoms with E-state index >= 15 is 0 Å². The fourth-order valence-corrected chi connectivity index (χ4v) is 10.1. The van der Waals surface area contributed by atoms with Gasteiger partial charge in [-0.3, -0.25) is 4.57 Å². The third-order valence-electron chi connectivity index (χ3n) is 11.1. The lowest BCUT2D eigenvalue weighted by atomic mass is 9.98. The van der Waals surface area contributed by atoms with Crippen molar-refractivity contribution in [1.82, 2.24) is 14.5 Å². The van der Waals surface area contributed by atoms with E-state index in [1.54, 1.807) is 0 Å². The van der Waals surface area contributed by atoms with E-state index in [2.05, 4.69) is 180 Å². The van der Waals surface area contributed by atoms with Crippen LogP contribution in [0.25, 0.3) is 114 Å². The van der Waals surface area contributed by atoms with E-state index in [1.807, 2.05) is 11.3 Å². The number of hydrogen-bond acceptors (Lipinski definition) is 3. The van der Waals surface area contributed by atoms with Gasteiger partial charge in [0.05, 0.1) is 26.8 Å². The van der Waals surface area contributed by atoms with E-state index in [-0.39, 0.29) is 0 Å². The fraction of sp³-hybridized carbons (Fsp3) is 0. The number of nitrogens with zero attached hydrogens (tertiary/aromatic N) is 3. The van der Waals surface area contributed by atoms with Crippen LogP contribution >= 0.6 is 11.3 Å². The Hall–Kier alpha value is -6.88. The average molecular weight is 704 g/mol. The van der Waals surface area contributed by atoms with Gasteiger partial charge in [-0.05, 0) is 56.3 Å². The van der Waals surface area contributed by atoms with Crippen LogP contribution in [0.4, 0.5) is 0 Å². The molecule has 0 saturated carbocycles. The predicted octanol–water partition coefficient (Wildman–Crippen LogP) is 13.9. The highest BCUT2D eigenvalue weighted by atomic mass is 32.1. The molecular formula is C50H29N3S. The summed E-state index contributed by atoms with van der Waals surface area (Å²) in [5.41, 5.74) is 8.25. The highest BCUT2D eigenvalue weighted by Crippen LogP contribution is 2.49. The molecule has 9 aromatic carbocycles. The summed E-state index contributed by atoms with van der Waals surface area (Å²) in [6.45, 7) is 0. The minimum Gasteiger partial charge on any atom is -0.290 e. The van der Waals surface area contributed by atoms with Crippen molar-refractivity contribution in [2.75, 3.05) is 0 Å². The van der Waals surface area contributed by atoms with Crippen molar-refractivity contribution in [1.29, 1.82) is 0 Å². The van der Waals surface area contributed by atoms with Crippen LogP contribution in [-0.4, -0.2) is 14.5 Å². The van der Waals surface area contributed by atoms with E-state index < -0.39 is 0 Å². The molecule has 12 aromatic rings. The van der Waals surface area contributed by atoms with Gasteiger partial charge in [0.25, 0.3) is 0 Å². The Bertz CT molecular complexity index is 3500. The fourth-order valence-electron chi connectivity index (χ4n) is 8.73. The number of benzene rings is 9. The molecule has 0 aliphatic heterocycles. The summed E-state index contributed by atoms with van der Waals surface area (Å²) in [6, 6.07) is 63.3. The zero-order valence-electron chi connectivity index (χ0n) is 29.0. The molecule has 3 nitrogen and oxygen atoms in total. The van der Waals surface area contributed by atoms with Gasteiger partial charge in [-0.15, -0.1) is 11.3 Å². The Morgan fingerprint density at radius 1 is 0.407 bits per heavy atom. The lowest BCUT2D eigenvalue weighted by molar-refractivity contribution is 1.09. The summed E-state index contributed by atoms with van der Waals surface area (Å²) in [7, 11) is 0. The second-order valence-electron chi connectivity index (χ2n) is 14.1. The third kappa shape index (κ3) is 4.17. The summed E-state index contributed by atoms with van der Waals surface area (Å²) in [5.74, 6) is 0.828. The topological polar surface area (TPSA) is 30.7 Å². The largest absolute Gasteiger partial charge is 0.290 e. The number of fused-ring (bicyclic) bond motifs is 15. The minimum atomic E-state index is 0.828.